The van der Waals surface area contributed by atoms with Gasteiger partial charge < -0.3 is 15.6 Å². The van der Waals surface area contributed by atoms with Crippen molar-refractivity contribution in [1.82, 2.24) is 8.87 Å². The molecule has 2 aromatic rings. The van der Waals surface area contributed by atoms with Crippen LogP contribution in [0.15, 0.2) is 35.4 Å². The van der Waals surface area contributed by atoms with Gasteiger partial charge in [0.15, 0.2) is 0 Å². The number of carbonyl (C=O) groups is 2. The van der Waals surface area contributed by atoms with Gasteiger partial charge in [-0.3, -0.25) is 9.59 Å². The number of nitrogens with two attached hydrogens (primary N) is 1. The zero-order valence-corrected chi connectivity index (χ0v) is 18.3. The lowest BCUT2D eigenvalue weighted by Crippen LogP contribution is -2.41. The smallest absolute Gasteiger partial charge is 0.265 e. The summed E-state index contributed by atoms with van der Waals surface area (Å²) in [6.45, 7) is 4.50. The largest absolute Gasteiger partial charge is 0.364 e. The number of piperidine rings is 1. The minimum Gasteiger partial charge on any atom is -0.364 e. The molecule has 1 aliphatic rings. The molecule has 0 spiro atoms. The molecule has 8 nitrogen and oxygen atoms in total. The van der Waals surface area contributed by atoms with Crippen molar-refractivity contribution < 1.29 is 18.0 Å². The molecule has 1 saturated heterocycles. The molecule has 1 aliphatic heterocycles. The fourth-order valence-electron chi connectivity index (χ4n) is 3.85. The van der Waals surface area contributed by atoms with Crippen molar-refractivity contribution in [2.45, 2.75) is 38.0 Å². The Kier molecular flexibility index (Phi) is 6.33. The normalized spacial score (nSPS) is 15.8. The molecule has 0 saturated carbocycles. The SMILES string of the molecule is CCc1cccc(C)c1NC(=O)C1CCN(S(=O)(=O)c2cc(C(N)=O)n(C)c2)CC1. The van der Waals surface area contributed by atoms with E-state index in [1.54, 1.807) is 7.05 Å². The highest BCUT2D eigenvalue weighted by molar-refractivity contribution is 7.89. The van der Waals surface area contributed by atoms with Crippen molar-refractivity contribution in [2.75, 3.05) is 18.4 Å². The maximum absolute atomic E-state index is 12.9. The van der Waals surface area contributed by atoms with E-state index in [9.17, 15) is 18.0 Å². The van der Waals surface area contributed by atoms with Crippen LogP contribution in [0.5, 0.6) is 0 Å². The van der Waals surface area contributed by atoms with Gasteiger partial charge in [-0.25, -0.2) is 8.42 Å². The van der Waals surface area contributed by atoms with E-state index in [2.05, 4.69) is 5.32 Å². The molecule has 0 bridgehead atoms. The standard InChI is InChI=1S/C21H28N4O4S/c1-4-15-7-5-6-14(2)19(15)23-21(27)16-8-10-25(11-9-16)30(28,29)17-12-18(20(22)26)24(3)13-17/h5-7,12-13,16H,4,8-11H2,1-3H3,(H2,22,26)(H,23,27). The van der Waals surface area contributed by atoms with Crippen molar-refractivity contribution in [2.24, 2.45) is 18.7 Å². The topological polar surface area (TPSA) is 114 Å². The van der Waals surface area contributed by atoms with Gasteiger partial charge in [0.25, 0.3) is 5.91 Å². The van der Waals surface area contributed by atoms with E-state index >= 15 is 0 Å². The van der Waals surface area contributed by atoms with E-state index in [0.717, 1.165) is 23.2 Å². The molecule has 3 N–H and O–H groups in total. The number of nitrogens with one attached hydrogen (secondary N) is 1. The first-order valence-electron chi connectivity index (χ1n) is 10.0. The highest BCUT2D eigenvalue weighted by Gasteiger charge is 2.33. The van der Waals surface area contributed by atoms with Crippen LogP contribution in [0, 0.1) is 12.8 Å². The lowest BCUT2D eigenvalue weighted by atomic mass is 9.96. The number of hydrogen-bond donors (Lipinski definition) is 2. The number of nitrogens with zero attached hydrogens (tertiary/aromatic N) is 2. The second-order valence-corrected chi connectivity index (χ2v) is 9.60. The number of primary amides is 1. The summed E-state index contributed by atoms with van der Waals surface area (Å²) in [6, 6.07) is 7.23. The van der Waals surface area contributed by atoms with Gasteiger partial charge in [-0.2, -0.15) is 4.31 Å². The van der Waals surface area contributed by atoms with Crippen molar-refractivity contribution >= 4 is 27.5 Å². The van der Waals surface area contributed by atoms with E-state index in [4.69, 9.17) is 5.73 Å². The van der Waals surface area contributed by atoms with E-state index in [1.807, 2.05) is 32.0 Å². The number of anilines is 1. The van der Waals surface area contributed by atoms with Crippen LogP contribution in [0.2, 0.25) is 0 Å². The Morgan fingerprint density at radius 1 is 1.23 bits per heavy atom. The lowest BCUT2D eigenvalue weighted by Gasteiger charge is -2.30. The molecular weight excluding hydrogens is 404 g/mol. The Bertz CT molecular complexity index is 1070. The third-order valence-electron chi connectivity index (χ3n) is 5.68. The molecule has 2 heterocycles. The molecule has 2 amide bonds. The van der Waals surface area contributed by atoms with Gasteiger partial charge >= 0.3 is 0 Å². The second kappa shape index (κ2) is 8.61. The van der Waals surface area contributed by atoms with Gasteiger partial charge in [0.2, 0.25) is 15.9 Å². The fraction of sp³-hybridized carbons (Fsp3) is 0.429. The van der Waals surface area contributed by atoms with Crippen LogP contribution in [0.25, 0.3) is 0 Å². The Labute approximate surface area is 177 Å². The van der Waals surface area contributed by atoms with Crippen molar-refractivity contribution in [3.8, 4) is 0 Å². The average Bonchev–Trinajstić information content (AvgIpc) is 3.12. The molecule has 0 radical (unpaired) electrons. The summed E-state index contributed by atoms with van der Waals surface area (Å²) in [4.78, 5) is 24.3. The lowest BCUT2D eigenvalue weighted by molar-refractivity contribution is -0.120. The fourth-order valence-corrected chi connectivity index (χ4v) is 5.40. The first-order valence-corrected chi connectivity index (χ1v) is 11.4. The second-order valence-electron chi connectivity index (χ2n) is 7.67. The summed E-state index contributed by atoms with van der Waals surface area (Å²) >= 11 is 0. The quantitative estimate of drug-likeness (QED) is 0.727. The highest BCUT2D eigenvalue weighted by Crippen LogP contribution is 2.27. The number of aromatic nitrogens is 1. The van der Waals surface area contributed by atoms with Crippen LogP contribution in [-0.2, 0) is 28.3 Å². The number of benzene rings is 1. The maximum Gasteiger partial charge on any atom is 0.265 e. The maximum atomic E-state index is 12.9. The minimum atomic E-state index is -3.75. The van der Waals surface area contributed by atoms with Gasteiger partial charge in [-0.05, 0) is 43.4 Å². The number of para-hydroxylation sites is 1. The van der Waals surface area contributed by atoms with E-state index in [1.165, 1.54) is 21.1 Å². The highest BCUT2D eigenvalue weighted by atomic mass is 32.2. The summed E-state index contributed by atoms with van der Waals surface area (Å²) in [5, 5.41) is 3.05. The Hall–Kier alpha value is -2.65. The third kappa shape index (κ3) is 4.27. The van der Waals surface area contributed by atoms with E-state index in [-0.39, 0.29) is 35.5 Å². The summed E-state index contributed by atoms with van der Waals surface area (Å²) in [5.74, 6) is -1.01. The molecule has 30 heavy (non-hydrogen) atoms. The van der Waals surface area contributed by atoms with Crippen LogP contribution < -0.4 is 11.1 Å². The van der Waals surface area contributed by atoms with E-state index < -0.39 is 15.9 Å². The Morgan fingerprint density at radius 2 is 1.90 bits per heavy atom. The molecule has 1 aromatic heterocycles. The zero-order chi connectivity index (χ0) is 22.1. The molecule has 1 fully saturated rings. The Morgan fingerprint density at radius 3 is 2.47 bits per heavy atom. The summed E-state index contributed by atoms with van der Waals surface area (Å²) in [7, 11) is -2.17. The van der Waals surface area contributed by atoms with Crippen LogP contribution in [0.1, 0.15) is 41.4 Å². The summed E-state index contributed by atoms with van der Waals surface area (Å²) < 4.78 is 28.6. The van der Waals surface area contributed by atoms with Crippen LogP contribution in [-0.4, -0.2) is 42.2 Å². The number of amides is 2. The van der Waals surface area contributed by atoms with Gasteiger partial charge in [0.05, 0.1) is 0 Å². The van der Waals surface area contributed by atoms with Crippen molar-refractivity contribution in [3.63, 3.8) is 0 Å². The van der Waals surface area contributed by atoms with E-state index in [0.29, 0.717) is 12.8 Å². The molecule has 3 rings (SSSR count). The molecule has 162 valence electrons. The number of carbonyl (C=O) groups excluding carboxylic acids is 2. The van der Waals surface area contributed by atoms with Crippen molar-refractivity contribution in [3.05, 3.63) is 47.3 Å². The first kappa shape index (κ1) is 22.0. The third-order valence-corrected chi connectivity index (χ3v) is 7.55. The average molecular weight is 433 g/mol. The van der Waals surface area contributed by atoms with Gasteiger partial charge in [-0.1, -0.05) is 25.1 Å². The number of aryl methyl sites for hydroxylation is 3. The van der Waals surface area contributed by atoms with Crippen LogP contribution in [0.3, 0.4) is 0 Å². The van der Waals surface area contributed by atoms with Gasteiger partial charge in [0.1, 0.15) is 10.6 Å². The summed E-state index contributed by atoms with van der Waals surface area (Å²) in [6.07, 6.45) is 3.08. The molecule has 1 aromatic carbocycles. The number of rotatable bonds is 6. The molecule has 0 aliphatic carbocycles. The molecule has 0 unspecified atom stereocenters. The van der Waals surface area contributed by atoms with Gasteiger partial charge in [0, 0.05) is 37.9 Å². The predicted molar refractivity (Wildman–Crippen MR) is 115 cm³/mol. The number of sulfonamides is 1. The molecule has 9 heteroatoms. The van der Waals surface area contributed by atoms with Gasteiger partial charge in [-0.15, -0.1) is 0 Å². The molecule has 0 atom stereocenters. The zero-order valence-electron chi connectivity index (χ0n) is 17.5. The van der Waals surface area contributed by atoms with Crippen LogP contribution >= 0.6 is 0 Å². The van der Waals surface area contributed by atoms with Crippen LogP contribution in [0.4, 0.5) is 5.69 Å². The predicted octanol–water partition coefficient (Wildman–Crippen LogP) is 2.03. The number of hydrogen-bond acceptors (Lipinski definition) is 4. The summed E-state index contributed by atoms with van der Waals surface area (Å²) in [5.41, 5.74) is 8.36. The minimum absolute atomic E-state index is 0.0363. The first-order chi connectivity index (χ1) is 14.1. The Balaban J connectivity index is 1.68. The van der Waals surface area contributed by atoms with Crippen molar-refractivity contribution in [1.29, 1.82) is 0 Å². The molecular formula is C21H28N4O4S. The monoisotopic (exact) mass is 432 g/mol.